The van der Waals surface area contributed by atoms with Gasteiger partial charge >= 0.3 is 5.97 Å². The fourth-order valence-electron chi connectivity index (χ4n) is 1.22. The molecule has 7 heteroatoms. The summed E-state index contributed by atoms with van der Waals surface area (Å²) in [6.07, 6.45) is -2.88. The van der Waals surface area contributed by atoms with Crippen molar-refractivity contribution >= 4 is 33.5 Å². The first kappa shape index (κ1) is 14.3. The largest absolute Gasteiger partial charge is 0.462 e. The Bertz CT molecular complexity index is 429. The molecule has 0 aromatic carbocycles. The lowest BCUT2D eigenvalue weighted by Gasteiger charge is -2.10. The third-order valence-electron chi connectivity index (χ3n) is 1.88. The number of carbonyl (C=O) groups excluding carboxylic acids is 1. The van der Waals surface area contributed by atoms with Crippen LogP contribution in [0.1, 0.15) is 35.1 Å². The number of esters is 1. The number of carbonyl (C=O) groups is 1. The molecular weight excluding hydrogens is 319 g/mol. The van der Waals surface area contributed by atoms with E-state index in [1.807, 2.05) is 0 Å². The van der Waals surface area contributed by atoms with Gasteiger partial charge in [0, 0.05) is 5.33 Å². The highest BCUT2D eigenvalue weighted by atomic mass is 79.9. The van der Waals surface area contributed by atoms with Gasteiger partial charge in [-0.05, 0) is 13.0 Å². The normalized spacial score (nSPS) is 10.7. The average Bonchev–Trinajstić information content (AvgIpc) is 2.27. The Morgan fingerprint density at radius 2 is 2.29 bits per heavy atom. The molecule has 1 heterocycles. The van der Waals surface area contributed by atoms with E-state index in [-0.39, 0.29) is 22.5 Å². The predicted molar refractivity (Wildman–Crippen MR) is 62.8 cm³/mol. The van der Waals surface area contributed by atoms with E-state index in [9.17, 15) is 13.6 Å². The summed E-state index contributed by atoms with van der Waals surface area (Å²) in [6, 6.07) is 1.36. The van der Waals surface area contributed by atoms with Crippen LogP contribution >= 0.6 is 27.5 Å². The second-order valence-corrected chi connectivity index (χ2v) is 3.98. The zero-order chi connectivity index (χ0) is 13.0. The number of pyridine rings is 1. The van der Waals surface area contributed by atoms with Crippen LogP contribution in [-0.4, -0.2) is 17.6 Å². The van der Waals surface area contributed by atoms with Gasteiger partial charge < -0.3 is 4.74 Å². The monoisotopic (exact) mass is 327 g/mol. The minimum Gasteiger partial charge on any atom is -0.462 e. The maximum absolute atomic E-state index is 12.8. The van der Waals surface area contributed by atoms with Gasteiger partial charge in [0.05, 0.1) is 17.3 Å². The summed E-state index contributed by atoms with van der Waals surface area (Å²) < 4.78 is 30.2. The molecule has 0 fully saturated rings. The van der Waals surface area contributed by atoms with E-state index in [4.69, 9.17) is 11.6 Å². The first-order valence-electron chi connectivity index (χ1n) is 4.71. The summed E-state index contributed by atoms with van der Waals surface area (Å²) in [5.74, 6) is -0.888. The van der Waals surface area contributed by atoms with E-state index < -0.39 is 18.1 Å². The van der Waals surface area contributed by atoms with Crippen molar-refractivity contribution in [2.75, 3.05) is 6.61 Å². The van der Waals surface area contributed by atoms with Crippen LogP contribution in [0.15, 0.2) is 6.07 Å². The standard InChI is InChI=1S/C10H9BrClF2NO2/c1-2-17-10(16)7-6(12)3-5(4-11)15-8(7)9(13)14/h3,9H,2,4H2,1H3. The second-order valence-electron chi connectivity index (χ2n) is 3.01. The first-order chi connectivity index (χ1) is 8.01. The molecule has 0 atom stereocenters. The first-order valence-corrected chi connectivity index (χ1v) is 6.21. The van der Waals surface area contributed by atoms with Gasteiger partial charge in [0.1, 0.15) is 11.3 Å². The predicted octanol–water partition coefficient (Wildman–Crippen LogP) is 3.74. The Kier molecular flexibility index (Phi) is 5.27. The van der Waals surface area contributed by atoms with Gasteiger partial charge in [-0.15, -0.1) is 0 Å². The van der Waals surface area contributed by atoms with E-state index in [1.165, 1.54) is 6.07 Å². The summed E-state index contributed by atoms with van der Waals surface area (Å²) in [6.45, 7) is 1.66. The Morgan fingerprint density at radius 3 is 2.76 bits per heavy atom. The van der Waals surface area contributed by atoms with Crippen molar-refractivity contribution in [3.63, 3.8) is 0 Å². The molecule has 0 radical (unpaired) electrons. The molecule has 0 unspecified atom stereocenters. The number of alkyl halides is 3. The molecule has 0 saturated carbocycles. The van der Waals surface area contributed by atoms with Crippen LogP contribution in [0.3, 0.4) is 0 Å². The van der Waals surface area contributed by atoms with E-state index in [0.29, 0.717) is 5.69 Å². The number of aromatic nitrogens is 1. The number of hydrogen-bond donors (Lipinski definition) is 0. The van der Waals surface area contributed by atoms with Gasteiger partial charge in [0.15, 0.2) is 0 Å². The third kappa shape index (κ3) is 3.35. The van der Waals surface area contributed by atoms with Crippen LogP contribution in [0.5, 0.6) is 0 Å². The number of hydrogen-bond acceptors (Lipinski definition) is 3. The molecule has 17 heavy (non-hydrogen) atoms. The topological polar surface area (TPSA) is 39.2 Å². The van der Waals surface area contributed by atoms with E-state index in [2.05, 4.69) is 25.7 Å². The lowest BCUT2D eigenvalue weighted by Crippen LogP contribution is -2.12. The van der Waals surface area contributed by atoms with Crippen molar-refractivity contribution in [3.8, 4) is 0 Å². The maximum Gasteiger partial charge on any atom is 0.341 e. The number of ether oxygens (including phenoxy) is 1. The smallest absolute Gasteiger partial charge is 0.341 e. The minimum absolute atomic E-state index is 0.0804. The summed E-state index contributed by atoms with van der Waals surface area (Å²) >= 11 is 8.88. The van der Waals surface area contributed by atoms with E-state index >= 15 is 0 Å². The van der Waals surface area contributed by atoms with Gasteiger partial charge in [-0.1, -0.05) is 27.5 Å². The van der Waals surface area contributed by atoms with Crippen LogP contribution in [-0.2, 0) is 10.1 Å². The minimum atomic E-state index is -2.88. The summed E-state index contributed by atoms with van der Waals surface area (Å²) in [7, 11) is 0. The SMILES string of the molecule is CCOC(=O)c1c(Cl)cc(CBr)nc1C(F)F. The van der Waals surface area contributed by atoms with E-state index in [1.54, 1.807) is 6.92 Å². The Hall–Kier alpha value is -0.750. The van der Waals surface area contributed by atoms with Gasteiger partial charge in [0.25, 0.3) is 6.43 Å². The van der Waals surface area contributed by atoms with Crippen LogP contribution < -0.4 is 0 Å². The second kappa shape index (κ2) is 6.26. The zero-order valence-electron chi connectivity index (χ0n) is 8.84. The number of halogens is 4. The molecule has 0 bridgehead atoms. The Morgan fingerprint density at radius 1 is 1.65 bits per heavy atom. The van der Waals surface area contributed by atoms with Crippen LogP contribution in [0.2, 0.25) is 5.02 Å². The summed E-state index contributed by atoms with van der Waals surface area (Å²) in [5.41, 5.74) is -0.683. The van der Waals surface area contributed by atoms with Crippen LogP contribution in [0.25, 0.3) is 0 Å². The van der Waals surface area contributed by atoms with Crippen molar-refractivity contribution in [1.29, 1.82) is 0 Å². The van der Waals surface area contributed by atoms with Crippen molar-refractivity contribution < 1.29 is 18.3 Å². The van der Waals surface area contributed by atoms with Crippen LogP contribution in [0, 0.1) is 0 Å². The van der Waals surface area contributed by atoms with Crippen LogP contribution in [0.4, 0.5) is 8.78 Å². The lowest BCUT2D eigenvalue weighted by atomic mass is 10.1. The van der Waals surface area contributed by atoms with Gasteiger partial charge in [-0.2, -0.15) is 0 Å². The fraction of sp³-hybridized carbons (Fsp3) is 0.400. The molecular formula is C10H9BrClF2NO2. The fourth-order valence-corrected chi connectivity index (χ4v) is 1.80. The molecule has 0 N–H and O–H groups in total. The van der Waals surface area contributed by atoms with Gasteiger partial charge in [0.2, 0.25) is 0 Å². The highest BCUT2D eigenvalue weighted by Gasteiger charge is 2.25. The molecule has 3 nitrogen and oxygen atoms in total. The zero-order valence-corrected chi connectivity index (χ0v) is 11.2. The van der Waals surface area contributed by atoms with Crippen molar-refractivity contribution in [2.45, 2.75) is 18.7 Å². The van der Waals surface area contributed by atoms with Crippen molar-refractivity contribution in [1.82, 2.24) is 4.98 Å². The lowest BCUT2D eigenvalue weighted by molar-refractivity contribution is 0.0513. The number of rotatable bonds is 4. The molecule has 1 aromatic rings. The Balaban J connectivity index is 3.31. The molecule has 0 aliphatic carbocycles. The van der Waals surface area contributed by atoms with Crippen molar-refractivity contribution in [2.24, 2.45) is 0 Å². The summed E-state index contributed by atoms with van der Waals surface area (Å²) in [5, 5.41) is 0.193. The Labute approximate surface area is 110 Å². The average molecular weight is 329 g/mol. The molecule has 0 amide bonds. The third-order valence-corrected chi connectivity index (χ3v) is 2.75. The van der Waals surface area contributed by atoms with Crippen molar-refractivity contribution in [3.05, 3.63) is 28.0 Å². The molecule has 94 valence electrons. The van der Waals surface area contributed by atoms with Gasteiger partial charge in [-0.25, -0.2) is 18.6 Å². The maximum atomic E-state index is 12.8. The van der Waals surface area contributed by atoms with Gasteiger partial charge in [-0.3, -0.25) is 0 Å². The highest BCUT2D eigenvalue weighted by molar-refractivity contribution is 9.08. The molecule has 0 spiro atoms. The van der Waals surface area contributed by atoms with E-state index in [0.717, 1.165) is 0 Å². The molecule has 0 saturated heterocycles. The number of nitrogens with zero attached hydrogens (tertiary/aromatic N) is 1. The molecule has 1 rings (SSSR count). The molecule has 0 aliphatic heterocycles. The molecule has 0 aliphatic rings. The molecule has 1 aromatic heterocycles. The quantitative estimate of drug-likeness (QED) is 0.624. The summed E-state index contributed by atoms with van der Waals surface area (Å²) in [4.78, 5) is 15.2. The highest BCUT2D eigenvalue weighted by Crippen LogP contribution is 2.28.